The minimum absolute atomic E-state index is 0.516. The van der Waals surface area contributed by atoms with Crippen molar-refractivity contribution in [2.75, 3.05) is 0 Å². The molecule has 0 aliphatic carbocycles. The minimum atomic E-state index is -1.23. The number of rotatable bonds is 13. The van der Waals surface area contributed by atoms with Crippen molar-refractivity contribution in [3.8, 4) is 16.9 Å². The van der Waals surface area contributed by atoms with Gasteiger partial charge in [0.2, 0.25) is 0 Å². The fourth-order valence-corrected chi connectivity index (χ4v) is 4.22. The van der Waals surface area contributed by atoms with Crippen molar-refractivity contribution >= 4 is 6.16 Å². The van der Waals surface area contributed by atoms with Crippen molar-refractivity contribution in [1.29, 1.82) is 0 Å². The van der Waals surface area contributed by atoms with E-state index in [-0.39, 0.29) is 0 Å². The molecule has 0 radical (unpaired) electrons. The molecule has 0 amide bonds. The van der Waals surface area contributed by atoms with Gasteiger partial charge in [0, 0.05) is 0 Å². The van der Waals surface area contributed by atoms with Crippen molar-refractivity contribution in [3.63, 3.8) is 0 Å². The van der Waals surface area contributed by atoms with Gasteiger partial charge in [-0.2, -0.15) is 0 Å². The van der Waals surface area contributed by atoms with Crippen LogP contribution in [-0.2, 0) is 19.3 Å². The molecule has 0 aliphatic rings. The first-order valence-corrected chi connectivity index (χ1v) is 11.8. The maximum absolute atomic E-state index is 11.3. The Morgan fingerprint density at radius 1 is 0.767 bits per heavy atom. The van der Waals surface area contributed by atoms with E-state index in [9.17, 15) is 9.90 Å². The van der Waals surface area contributed by atoms with Crippen LogP contribution in [0.3, 0.4) is 0 Å². The number of carbonyl (C=O) groups is 1. The topological polar surface area (TPSA) is 46.5 Å². The third-order valence-corrected chi connectivity index (χ3v) is 5.83. The first kappa shape index (κ1) is 24.0. The predicted octanol–water partition coefficient (Wildman–Crippen LogP) is 8.22. The molecule has 0 aliphatic heterocycles. The lowest BCUT2D eigenvalue weighted by Crippen LogP contribution is -2.09. The third-order valence-electron chi connectivity index (χ3n) is 5.83. The van der Waals surface area contributed by atoms with Gasteiger partial charge in [0.25, 0.3) is 0 Å². The van der Waals surface area contributed by atoms with Crippen molar-refractivity contribution in [1.82, 2.24) is 0 Å². The lowest BCUT2D eigenvalue weighted by Gasteiger charge is -2.20. The Morgan fingerprint density at radius 2 is 1.40 bits per heavy atom. The van der Waals surface area contributed by atoms with Crippen LogP contribution in [0.4, 0.5) is 4.79 Å². The molecule has 164 valence electrons. The molecule has 0 bridgehead atoms. The van der Waals surface area contributed by atoms with Gasteiger partial charge in [0.1, 0.15) is 5.75 Å². The van der Waals surface area contributed by atoms with Crippen LogP contribution in [0, 0.1) is 0 Å². The molecule has 0 heterocycles. The fourth-order valence-electron chi connectivity index (χ4n) is 4.22. The van der Waals surface area contributed by atoms with Gasteiger partial charge in [0.05, 0.1) is 0 Å². The first-order chi connectivity index (χ1) is 14.6. The van der Waals surface area contributed by atoms with Crippen LogP contribution in [0.1, 0.15) is 88.8 Å². The zero-order valence-electron chi connectivity index (χ0n) is 19.0. The number of benzene rings is 2. The van der Waals surface area contributed by atoms with Gasteiger partial charge in [-0.3, -0.25) is 0 Å². The first-order valence-electron chi connectivity index (χ1n) is 11.8. The number of hydrogen-bond acceptors (Lipinski definition) is 2. The van der Waals surface area contributed by atoms with Crippen molar-refractivity contribution in [3.05, 3.63) is 53.1 Å². The minimum Gasteiger partial charge on any atom is -0.449 e. The summed E-state index contributed by atoms with van der Waals surface area (Å²) in [6.45, 7) is 6.62. The Morgan fingerprint density at radius 3 is 2.00 bits per heavy atom. The molecule has 3 heteroatoms. The normalized spacial score (nSPS) is 10.9. The van der Waals surface area contributed by atoms with Gasteiger partial charge in [0.15, 0.2) is 0 Å². The Bertz CT molecular complexity index is 795. The standard InChI is InChI=1S/C27H38O3/c1-4-7-9-11-17-23-24(22-16-14-13-15-21(22)6-3)19-20-26(30-27(28)29)25(23)18-12-10-8-5-2/h13-16,19-20H,4-12,17-18H2,1-3H3,(H,28,29). The van der Waals surface area contributed by atoms with Crippen LogP contribution in [-0.4, -0.2) is 11.3 Å². The molecule has 0 saturated heterocycles. The zero-order valence-corrected chi connectivity index (χ0v) is 19.0. The van der Waals surface area contributed by atoms with E-state index in [0.29, 0.717) is 5.75 Å². The summed E-state index contributed by atoms with van der Waals surface area (Å²) in [6.07, 6.45) is 11.0. The van der Waals surface area contributed by atoms with E-state index in [1.807, 2.05) is 6.07 Å². The Hall–Kier alpha value is -2.29. The second kappa shape index (κ2) is 13.1. The van der Waals surface area contributed by atoms with Crippen molar-refractivity contribution in [2.24, 2.45) is 0 Å². The lowest BCUT2D eigenvalue weighted by molar-refractivity contribution is 0.144. The maximum Gasteiger partial charge on any atom is 0.511 e. The number of aryl methyl sites for hydroxylation is 1. The molecule has 0 aromatic heterocycles. The fraction of sp³-hybridized carbons (Fsp3) is 0.519. The Kier molecular flexibility index (Phi) is 10.5. The molecule has 2 aromatic rings. The molecular formula is C27H38O3. The van der Waals surface area contributed by atoms with Gasteiger partial charge in [-0.1, -0.05) is 89.6 Å². The van der Waals surface area contributed by atoms with E-state index >= 15 is 0 Å². The van der Waals surface area contributed by atoms with Crippen LogP contribution in [0.2, 0.25) is 0 Å². The van der Waals surface area contributed by atoms with Gasteiger partial charge >= 0.3 is 6.16 Å². The van der Waals surface area contributed by atoms with E-state index in [4.69, 9.17) is 4.74 Å². The molecular weight excluding hydrogens is 372 g/mol. The summed E-state index contributed by atoms with van der Waals surface area (Å²) in [7, 11) is 0. The number of carboxylic acid groups (broad SMARTS) is 1. The second-order valence-electron chi connectivity index (χ2n) is 8.07. The van der Waals surface area contributed by atoms with Crippen LogP contribution in [0.5, 0.6) is 5.75 Å². The van der Waals surface area contributed by atoms with E-state index in [2.05, 4.69) is 51.1 Å². The Labute approximate surface area is 182 Å². The molecule has 0 unspecified atom stereocenters. The van der Waals surface area contributed by atoms with Gasteiger partial charge < -0.3 is 9.84 Å². The summed E-state index contributed by atoms with van der Waals surface area (Å²) in [4.78, 5) is 11.3. The number of unbranched alkanes of at least 4 members (excludes halogenated alkanes) is 6. The summed E-state index contributed by atoms with van der Waals surface area (Å²) < 4.78 is 5.23. The summed E-state index contributed by atoms with van der Waals surface area (Å²) >= 11 is 0. The van der Waals surface area contributed by atoms with E-state index in [0.717, 1.165) is 44.1 Å². The van der Waals surface area contributed by atoms with Crippen molar-refractivity contribution in [2.45, 2.75) is 91.4 Å². The molecule has 0 spiro atoms. The zero-order chi connectivity index (χ0) is 21.8. The highest BCUT2D eigenvalue weighted by Crippen LogP contribution is 2.36. The SMILES string of the molecule is CCCCCCc1c(OC(=O)O)ccc(-c2ccccc2CC)c1CCCCCC. The summed E-state index contributed by atoms with van der Waals surface area (Å²) in [5.41, 5.74) is 6.21. The second-order valence-corrected chi connectivity index (χ2v) is 8.07. The smallest absolute Gasteiger partial charge is 0.449 e. The Balaban J connectivity index is 2.51. The monoisotopic (exact) mass is 410 g/mol. The molecule has 2 rings (SSSR count). The van der Waals surface area contributed by atoms with Gasteiger partial charge in [-0.05, 0) is 66.0 Å². The van der Waals surface area contributed by atoms with Crippen molar-refractivity contribution < 1.29 is 14.6 Å². The van der Waals surface area contributed by atoms with Crippen LogP contribution in [0.15, 0.2) is 36.4 Å². The van der Waals surface area contributed by atoms with Crippen LogP contribution >= 0.6 is 0 Å². The summed E-state index contributed by atoms with van der Waals surface area (Å²) in [5.74, 6) is 0.516. The highest BCUT2D eigenvalue weighted by Gasteiger charge is 2.18. The quantitative estimate of drug-likeness (QED) is 0.205. The van der Waals surface area contributed by atoms with Crippen LogP contribution < -0.4 is 4.74 Å². The number of hydrogen-bond donors (Lipinski definition) is 1. The molecule has 30 heavy (non-hydrogen) atoms. The highest BCUT2D eigenvalue weighted by molar-refractivity contribution is 5.74. The maximum atomic E-state index is 11.3. The molecule has 3 nitrogen and oxygen atoms in total. The summed E-state index contributed by atoms with van der Waals surface area (Å²) in [6, 6.07) is 12.5. The van der Waals surface area contributed by atoms with Crippen LogP contribution in [0.25, 0.3) is 11.1 Å². The van der Waals surface area contributed by atoms with E-state index < -0.39 is 6.16 Å². The molecule has 0 saturated carbocycles. The molecule has 2 aromatic carbocycles. The van der Waals surface area contributed by atoms with E-state index in [1.165, 1.54) is 54.4 Å². The van der Waals surface area contributed by atoms with Gasteiger partial charge in [-0.25, -0.2) is 4.79 Å². The molecule has 1 N–H and O–H groups in total. The van der Waals surface area contributed by atoms with Gasteiger partial charge in [-0.15, -0.1) is 0 Å². The molecule has 0 fully saturated rings. The largest absolute Gasteiger partial charge is 0.511 e. The average molecular weight is 411 g/mol. The third kappa shape index (κ3) is 6.90. The number of ether oxygens (including phenoxy) is 1. The average Bonchev–Trinajstić information content (AvgIpc) is 2.75. The molecule has 0 atom stereocenters. The lowest BCUT2D eigenvalue weighted by atomic mass is 9.87. The predicted molar refractivity (Wildman–Crippen MR) is 126 cm³/mol. The summed E-state index contributed by atoms with van der Waals surface area (Å²) in [5, 5.41) is 9.28. The van der Waals surface area contributed by atoms with E-state index in [1.54, 1.807) is 0 Å². The highest BCUT2D eigenvalue weighted by atomic mass is 16.7.